The summed E-state index contributed by atoms with van der Waals surface area (Å²) in [6.45, 7) is 5.81. The molecule has 1 aliphatic carbocycles. The summed E-state index contributed by atoms with van der Waals surface area (Å²) >= 11 is 0. The van der Waals surface area contributed by atoms with Gasteiger partial charge in [-0.3, -0.25) is 14.2 Å². The van der Waals surface area contributed by atoms with E-state index in [9.17, 15) is 9.59 Å². The molecule has 0 N–H and O–H groups in total. The predicted octanol–water partition coefficient (Wildman–Crippen LogP) is 4.04. The van der Waals surface area contributed by atoms with Gasteiger partial charge in [0.2, 0.25) is 5.91 Å². The molecule has 7 nitrogen and oxygen atoms in total. The van der Waals surface area contributed by atoms with Gasteiger partial charge in [-0.05, 0) is 77.2 Å². The van der Waals surface area contributed by atoms with E-state index in [0.29, 0.717) is 35.6 Å². The van der Waals surface area contributed by atoms with Crippen molar-refractivity contribution in [2.75, 3.05) is 33.8 Å². The minimum atomic E-state index is -0.364. The SMILES string of the molecule is CCOc1ccc(-n2c(C(C)N(CCN(C)C)C(=O)C3CCC3)nc3ccccc3c2=O)cc1. The molecule has 0 radical (unpaired) electrons. The van der Waals surface area contributed by atoms with Crippen LogP contribution in [-0.2, 0) is 4.79 Å². The van der Waals surface area contributed by atoms with Gasteiger partial charge in [-0.2, -0.15) is 0 Å². The first-order valence-corrected chi connectivity index (χ1v) is 12.1. The first-order chi connectivity index (χ1) is 16.4. The molecule has 1 amide bonds. The Balaban J connectivity index is 1.83. The van der Waals surface area contributed by atoms with Crippen LogP contribution in [0.2, 0.25) is 0 Å². The van der Waals surface area contributed by atoms with E-state index >= 15 is 0 Å². The number of carbonyl (C=O) groups excluding carboxylic acids is 1. The van der Waals surface area contributed by atoms with Gasteiger partial charge in [-0.25, -0.2) is 4.98 Å². The summed E-state index contributed by atoms with van der Waals surface area (Å²) in [5, 5.41) is 0.553. The zero-order valence-electron chi connectivity index (χ0n) is 20.5. The molecule has 1 saturated carbocycles. The molecule has 34 heavy (non-hydrogen) atoms. The van der Waals surface area contributed by atoms with Gasteiger partial charge in [-0.1, -0.05) is 18.6 Å². The molecule has 0 bridgehead atoms. The van der Waals surface area contributed by atoms with Crippen molar-refractivity contribution in [2.45, 2.75) is 39.2 Å². The van der Waals surface area contributed by atoms with Crippen molar-refractivity contribution in [2.24, 2.45) is 5.92 Å². The Morgan fingerprint density at radius 1 is 1.12 bits per heavy atom. The number of fused-ring (bicyclic) bond motifs is 1. The molecule has 1 aromatic heterocycles. The molecule has 3 aromatic rings. The Kier molecular flexibility index (Phi) is 7.32. The fourth-order valence-corrected chi connectivity index (χ4v) is 4.37. The van der Waals surface area contributed by atoms with E-state index in [0.717, 1.165) is 31.6 Å². The van der Waals surface area contributed by atoms with Gasteiger partial charge < -0.3 is 14.5 Å². The summed E-state index contributed by atoms with van der Waals surface area (Å²) < 4.78 is 7.24. The molecule has 4 rings (SSSR count). The fraction of sp³-hybridized carbons (Fsp3) is 0.444. The highest BCUT2D eigenvalue weighted by molar-refractivity contribution is 5.80. The highest BCUT2D eigenvalue weighted by Crippen LogP contribution is 2.32. The van der Waals surface area contributed by atoms with Crippen LogP contribution in [0, 0.1) is 5.92 Å². The van der Waals surface area contributed by atoms with Gasteiger partial charge in [0.1, 0.15) is 11.6 Å². The van der Waals surface area contributed by atoms with Crippen LogP contribution in [0.5, 0.6) is 5.75 Å². The molecule has 2 aromatic carbocycles. The third kappa shape index (κ3) is 4.85. The maximum Gasteiger partial charge on any atom is 0.266 e. The first-order valence-electron chi connectivity index (χ1n) is 12.1. The molecule has 0 spiro atoms. The third-order valence-electron chi connectivity index (χ3n) is 6.57. The normalized spacial score (nSPS) is 14.7. The van der Waals surface area contributed by atoms with Crippen LogP contribution in [0.15, 0.2) is 53.3 Å². The number of rotatable bonds is 9. The maximum atomic E-state index is 13.7. The van der Waals surface area contributed by atoms with Crippen LogP contribution < -0.4 is 10.3 Å². The molecule has 1 aliphatic rings. The summed E-state index contributed by atoms with van der Waals surface area (Å²) in [5.74, 6) is 1.53. The van der Waals surface area contributed by atoms with Gasteiger partial charge in [0, 0.05) is 19.0 Å². The lowest BCUT2D eigenvalue weighted by atomic mass is 9.84. The Hall–Kier alpha value is -3.19. The van der Waals surface area contributed by atoms with Gasteiger partial charge in [0.25, 0.3) is 5.56 Å². The van der Waals surface area contributed by atoms with Crippen molar-refractivity contribution in [3.05, 3.63) is 64.7 Å². The van der Waals surface area contributed by atoms with E-state index in [1.807, 2.05) is 75.3 Å². The zero-order valence-corrected chi connectivity index (χ0v) is 20.5. The molecule has 1 heterocycles. The Labute approximate surface area is 201 Å². The van der Waals surface area contributed by atoms with Crippen molar-refractivity contribution in [3.63, 3.8) is 0 Å². The van der Waals surface area contributed by atoms with Crippen LogP contribution in [0.4, 0.5) is 0 Å². The molecular formula is C27H34N4O3. The molecule has 180 valence electrons. The number of nitrogens with zero attached hydrogens (tertiary/aromatic N) is 4. The number of carbonyl (C=O) groups is 1. The van der Waals surface area contributed by atoms with Crippen LogP contribution in [-0.4, -0.2) is 59.0 Å². The molecule has 0 saturated heterocycles. The highest BCUT2D eigenvalue weighted by Gasteiger charge is 2.34. The summed E-state index contributed by atoms with van der Waals surface area (Å²) in [7, 11) is 4.00. The summed E-state index contributed by atoms with van der Waals surface area (Å²) in [6, 6.07) is 14.5. The topological polar surface area (TPSA) is 67.7 Å². The average Bonchev–Trinajstić information content (AvgIpc) is 2.78. The average molecular weight is 463 g/mol. The lowest BCUT2D eigenvalue weighted by molar-refractivity contribution is -0.140. The quantitative estimate of drug-likeness (QED) is 0.480. The zero-order chi connectivity index (χ0) is 24.2. The second kappa shape index (κ2) is 10.4. The summed E-state index contributed by atoms with van der Waals surface area (Å²) in [5.41, 5.74) is 1.21. The van der Waals surface area contributed by atoms with Crippen molar-refractivity contribution in [1.82, 2.24) is 19.4 Å². The standard InChI is InChI=1S/C27H34N4O3/c1-5-34-22-15-13-21(14-16-22)31-25(28-24-12-7-6-11-23(24)27(31)33)19(2)30(18-17-29(3)4)26(32)20-9-8-10-20/h6-7,11-16,19-20H,5,8-10,17-18H2,1-4H3. The lowest BCUT2D eigenvalue weighted by Crippen LogP contribution is -2.45. The Morgan fingerprint density at radius 2 is 1.82 bits per heavy atom. The number of para-hydroxylation sites is 1. The summed E-state index contributed by atoms with van der Waals surface area (Å²) in [6.07, 6.45) is 2.96. The number of hydrogen-bond acceptors (Lipinski definition) is 5. The first kappa shape index (κ1) is 24.0. The van der Waals surface area contributed by atoms with Gasteiger partial charge in [0.05, 0.1) is 29.2 Å². The van der Waals surface area contributed by atoms with Crippen LogP contribution in [0.1, 0.15) is 45.0 Å². The number of aromatic nitrogens is 2. The summed E-state index contributed by atoms with van der Waals surface area (Å²) in [4.78, 5) is 36.1. The second-order valence-electron chi connectivity index (χ2n) is 9.19. The van der Waals surface area contributed by atoms with Crippen molar-refractivity contribution in [3.8, 4) is 11.4 Å². The second-order valence-corrected chi connectivity index (χ2v) is 9.19. The molecule has 1 atom stereocenters. The van der Waals surface area contributed by atoms with E-state index < -0.39 is 0 Å². The van der Waals surface area contributed by atoms with E-state index in [1.165, 1.54) is 0 Å². The minimum absolute atomic E-state index is 0.0655. The molecule has 0 aliphatic heterocycles. The van der Waals surface area contributed by atoms with Crippen molar-refractivity contribution >= 4 is 16.8 Å². The Bertz CT molecular complexity index is 1200. The smallest absolute Gasteiger partial charge is 0.266 e. The van der Waals surface area contributed by atoms with E-state index in [4.69, 9.17) is 9.72 Å². The number of hydrogen-bond donors (Lipinski definition) is 0. The number of ether oxygens (including phenoxy) is 1. The molecule has 7 heteroatoms. The largest absolute Gasteiger partial charge is 0.494 e. The van der Waals surface area contributed by atoms with Crippen LogP contribution >= 0.6 is 0 Å². The van der Waals surface area contributed by atoms with Crippen molar-refractivity contribution in [1.29, 1.82) is 0 Å². The molecular weight excluding hydrogens is 428 g/mol. The van der Waals surface area contributed by atoms with E-state index in [-0.39, 0.29) is 23.4 Å². The third-order valence-corrected chi connectivity index (χ3v) is 6.57. The monoisotopic (exact) mass is 462 g/mol. The van der Waals surface area contributed by atoms with Gasteiger partial charge in [-0.15, -0.1) is 0 Å². The van der Waals surface area contributed by atoms with Crippen LogP contribution in [0.25, 0.3) is 16.6 Å². The van der Waals surface area contributed by atoms with E-state index in [2.05, 4.69) is 4.90 Å². The van der Waals surface area contributed by atoms with Crippen molar-refractivity contribution < 1.29 is 9.53 Å². The number of amides is 1. The maximum absolute atomic E-state index is 13.7. The predicted molar refractivity (Wildman–Crippen MR) is 135 cm³/mol. The molecule has 1 unspecified atom stereocenters. The number of likely N-dealkylation sites (N-methyl/N-ethyl adjacent to an activating group) is 1. The molecule has 1 fully saturated rings. The lowest BCUT2D eigenvalue weighted by Gasteiger charge is -2.36. The van der Waals surface area contributed by atoms with Gasteiger partial charge >= 0.3 is 0 Å². The highest BCUT2D eigenvalue weighted by atomic mass is 16.5. The van der Waals surface area contributed by atoms with Gasteiger partial charge in [0.15, 0.2) is 0 Å². The fourth-order valence-electron chi connectivity index (χ4n) is 4.37. The Morgan fingerprint density at radius 3 is 2.44 bits per heavy atom. The van der Waals surface area contributed by atoms with E-state index in [1.54, 1.807) is 10.6 Å². The van der Waals surface area contributed by atoms with Crippen LogP contribution in [0.3, 0.4) is 0 Å². The minimum Gasteiger partial charge on any atom is -0.494 e. The number of benzene rings is 2.